The van der Waals surface area contributed by atoms with E-state index in [1.165, 1.54) is 0 Å². The highest BCUT2D eigenvalue weighted by molar-refractivity contribution is 5.93. The van der Waals surface area contributed by atoms with Gasteiger partial charge in [0.2, 0.25) is 5.91 Å². The van der Waals surface area contributed by atoms with Gasteiger partial charge in [-0.05, 0) is 43.5 Å². The third-order valence-corrected chi connectivity index (χ3v) is 3.56. The molecule has 5 nitrogen and oxygen atoms in total. The number of hydrogen-bond donors (Lipinski definition) is 3. The van der Waals surface area contributed by atoms with Crippen LogP contribution in [0.1, 0.15) is 36.0 Å². The van der Waals surface area contributed by atoms with Gasteiger partial charge >= 0.3 is 5.97 Å². The number of carbonyl (C=O) groups excluding carboxylic acids is 1. The number of aliphatic carboxylic acids is 1. The lowest BCUT2D eigenvalue weighted by Gasteiger charge is -2.28. The van der Waals surface area contributed by atoms with E-state index in [9.17, 15) is 9.59 Å². The van der Waals surface area contributed by atoms with E-state index in [1.807, 2.05) is 0 Å². The number of primary amides is 1. The monoisotopic (exact) mass is 262 g/mol. The fourth-order valence-corrected chi connectivity index (χ4v) is 2.51. The summed E-state index contributed by atoms with van der Waals surface area (Å²) in [6.07, 6.45) is 3.30. The highest BCUT2D eigenvalue weighted by Crippen LogP contribution is 2.27. The Morgan fingerprint density at radius 2 is 1.89 bits per heavy atom. The Hall–Kier alpha value is -2.04. The number of benzene rings is 1. The molecule has 2 atom stereocenters. The van der Waals surface area contributed by atoms with Crippen molar-refractivity contribution in [1.29, 1.82) is 0 Å². The molecule has 1 saturated carbocycles. The zero-order valence-electron chi connectivity index (χ0n) is 10.6. The number of carbonyl (C=O) groups is 2. The molecule has 1 fully saturated rings. The molecule has 0 saturated heterocycles. The van der Waals surface area contributed by atoms with Crippen molar-refractivity contribution in [2.45, 2.75) is 31.7 Å². The van der Waals surface area contributed by atoms with Gasteiger partial charge in [0.25, 0.3) is 0 Å². The zero-order valence-corrected chi connectivity index (χ0v) is 10.6. The van der Waals surface area contributed by atoms with Gasteiger partial charge in [-0.3, -0.25) is 9.59 Å². The molecular formula is C14H18N2O3. The molecule has 0 spiro atoms. The van der Waals surface area contributed by atoms with Crippen LogP contribution in [0.3, 0.4) is 0 Å². The Balaban J connectivity index is 1.96. The van der Waals surface area contributed by atoms with Crippen molar-refractivity contribution in [3.63, 3.8) is 0 Å². The minimum Gasteiger partial charge on any atom is -0.481 e. The summed E-state index contributed by atoms with van der Waals surface area (Å²) >= 11 is 0. The maximum Gasteiger partial charge on any atom is 0.306 e. The van der Waals surface area contributed by atoms with Crippen LogP contribution in [0.25, 0.3) is 0 Å². The Labute approximate surface area is 111 Å². The van der Waals surface area contributed by atoms with Crippen molar-refractivity contribution < 1.29 is 14.7 Å². The highest BCUT2D eigenvalue weighted by Gasteiger charge is 2.26. The molecule has 102 valence electrons. The molecule has 1 amide bonds. The summed E-state index contributed by atoms with van der Waals surface area (Å²) in [5.74, 6) is -1.41. The van der Waals surface area contributed by atoms with Crippen LogP contribution >= 0.6 is 0 Å². The Morgan fingerprint density at radius 3 is 2.47 bits per heavy atom. The number of nitrogens with one attached hydrogen (secondary N) is 1. The molecule has 19 heavy (non-hydrogen) atoms. The number of carboxylic acids is 1. The second-order valence-corrected chi connectivity index (χ2v) is 4.98. The normalized spacial score (nSPS) is 22.7. The SMILES string of the molecule is NC(=O)c1ccc(NC2CCCC(C(=O)O)C2)cc1. The van der Waals surface area contributed by atoms with E-state index in [0.717, 1.165) is 24.9 Å². The Morgan fingerprint density at radius 1 is 1.21 bits per heavy atom. The molecule has 2 rings (SSSR count). The molecule has 1 aliphatic carbocycles. The molecule has 5 heteroatoms. The lowest BCUT2D eigenvalue weighted by atomic mass is 9.85. The minimum absolute atomic E-state index is 0.175. The maximum atomic E-state index is 11.0. The maximum absolute atomic E-state index is 11.0. The standard InChI is InChI=1S/C14H18N2O3/c15-13(17)9-4-6-11(7-5-9)16-12-3-1-2-10(8-12)14(18)19/h4-7,10,12,16H,1-3,8H2,(H2,15,17)(H,18,19). The first-order chi connectivity index (χ1) is 9.06. The fourth-order valence-electron chi connectivity index (χ4n) is 2.51. The Bertz CT molecular complexity index is 470. The molecule has 1 aromatic carbocycles. The molecule has 0 heterocycles. The average Bonchev–Trinajstić information content (AvgIpc) is 2.39. The Kier molecular flexibility index (Phi) is 4.04. The van der Waals surface area contributed by atoms with Crippen molar-refractivity contribution in [3.05, 3.63) is 29.8 Å². The van der Waals surface area contributed by atoms with Crippen molar-refractivity contribution in [1.82, 2.24) is 0 Å². The summed E-state index contributed by atoms with van der Waals surface area (Å²) in [4.78, 5) is 21.9. The predicted molar refractivity (Wildman–Crippen MR) is 72.0 cm³/mol. The van der Waals surface area contributed by atoms with Crippen molar-refractivity contribution in [3.8, 4) is 0 Å². The van der Waals surface area contributed by atoms with Gasteiger partial charge in [0.1, 0.15) is 0 Å². The van der Waals surface area contributed by atoms with Crippen molar-refractivity contribution in [2.75, 3.05) is 5.32 Å². The van der Waals surface area contributed by atoms with Crippen molar-refractivity contribution in [2.24, 2.45) is 11.7 Å². The molecule has 1 aliphatic rings. The van der Waals surface area contributed by atoms with Gasteiger partial charge < -0.3 is 16.2 Å². The van der Waals surface area contributed by atoms with E-state index in [-0.39, 0.29) is 12.0 Å². The molecule has 4 N–H and O–H groups in total. The molecule has 2 unspecified atom stereocenters. The third-order valence-electron chi connectivity index (χ3n) is 3.56. The highest BCUT2D eigenvalue weighted by atomic mass is 16.4. The van der Waals surface area contributed by atoms with Crippen LogP contribution in [0.5, 0.6) is 0 Å². The average molecular weight is 262 g/mol. The van der Waals surface area contributed by atoms with Crippen LogP contribution in [0.15, 0.2) is 24.3 Å². The number of amides is 1. The van der Waals surface area contributed by atoms with Crippen LogP contribution in [0.4, 0.5) is 5.69 Å². The van der Waals surface area contributed by atoms with E-state index in [0.29, 0.717) is 12.0 Å². The number of carboxylic acid groups (broad SMARTS) is 1. The summed E-state index contributed by atoms with van der Waals surface area (Å²) < 4.78 is 0. The van der Waals surface area contributed by atoms with E-state index < -0.39 is 11.9 Å². The largest absolute Gasteiger partial charge is 0.481 e. The lowest BCUT2D eigenvalue weighted by Crippen LogP contribution is -2.30. The first kappa shape index (κ1) is 13.4. The molecule has 0 radical (unpaired) electrons. The number of anilines is 1. The zero-order chi connectivity index (χ0) is 13.8. The summed E-state index contributed by atoms with van der Waals surface area (Å²) in [5, 5.41) is 12.4. The van der Waals surface area contributed by atoms with E-state index >= 15 is 0 Å². The van der Waals surface area contributed by atoms with Crippen LogP contribution in [-0.2, 0) is 4.79 Å². The summed E-state index contributed by atoms with van der Waals surface area (Å²) in [6.45, 7) is 0. The van der Waals surface area contributed by atoms with E-state index in [2.05, 4.69) is 5.32 Å². The molecule has 0 aromatic heterocycles. The van der Waals surface area contributed by atoms with Crippen LogP contribution in [-0.4, -0.2) is 23.0 Å². The quantitative estimate of drug-likeness (QED) is 0.772. The number of rotatable bonds is 4. The molecule has 1 aromatic rings. The smallest absolute Gasteiger partial charge is 0.306 e. The van der Waals surface area contributed by atoms with Gasteiger partial charge in [-0.15, -0.1) is 0 Å². The third kappa shape index (κ3) is 3.47. The van der Waals surface area contributed by atoms with Gasteiger partial charge in [-0.2, -0.15) is 0 Å². The first-order valence-corrected chi connectivity index (χ1v) is 6.45. The van der Waals surface area contributed by atoms with Gasteiger partial charge in [-0.25, -0.2) is 0 Å². The summed E-state index contributed by atoms with van der Waals surface area (Å²) in [7, 11) is 0. The number of nitrogens with two attached hydrogens (primary N) is 1. The second-order valence-electron chi connectivity index (χ2n) is 4.98. The fraction of sp³-hybridized carbons (Fsp3) is 0.429. The minimum atomic E-state index is -0.712. The van der Waals surface area contributed by atoms with Crippen LogP contribution in [0, 0.1) is 5.92 Å². The second kappa shape index (κ2) is 5.73. The number of hydrogen-bond acceptors (Lipinski definition) is 3. The first-order valence-electron chi connectivity index (χ1n) is 6.45. The van der Waals surface area contributed by atoms with Gasteiger partial charge in [-0.1, -0.05) is 6.42 Å². The summed E-state index contributed by atoms with van der Waals surface area (Å²) in [6, 6.07) is 7.11. The molecule has 0 bridgehead atoms. The van der Waals surface area contributed by atoms with E-state index in [4.69, 9.17) is 10.8 Å². The predicted octanol–water partition coefficient (Wildman–Crippen LogP) is 1.84. The summed E-state index contributed by atoms with van der Waals surface area (Å²) in [5.41, 5.74) is 6.53. The van der Waals surface area contributed by atoms with Crippen LogP contribution in [0.2, 0.25) is 0 Å². The van der Waals surface area contributed by atoms with Crippen molar-refractivity contribution >= 4 is 17.6 Å². The molecule has 0 aliphatic heterocycles. The lowest BCUT2D eigenvalue weighted by molar-refractivity contribution is -0.142. The van der Waals surface area contributed by atoms with Crippen LogP contribution < -0.4 is 11.1 Å². The molecular weight excluding hydrogens is 244 g/mol. The van der Waals surface area contributed by atoms with E-state index in [1.54, 1.807) is 24.3 Å². The van der Waals surface area contributed by atoms with Gasteiger partial charge in [0.15, 0.2) is 0 Å². The van der Waals surface area contributed by atoms with Gasteiger partial charge in [0.05, 0.1) is 5.92 Å². The van der Waals surface area contributed by atoms with Gasteiger partial charge in [0, 0.05) is 17.3 Å². The topological polar surface area (TPSA) is 92.4 Å².